The van der Waals surface area contributed by atoms with Gasteiger partial charge in [0.15, 0.2) is 5.82 Å². The predicted octanol–water partition coefficient (Wildman–Crippen LogP) is 2.49. The van der Waals surface area contributed by atoms with E-state index in [-0.39, 0.29) is 0 Å². The van der Waals surface area contributed by atoms with Crippen LogP contribution in [-0.4, -0.2) is 52.0 Å². The molecule has 1 N–H and O–H groups in total. The lowest BCUT2D eigenvalue weighted by molar-refractivity contribution is 0.0323. The molecule has 0 amide bonds. The second-order valence-electron chi connectivity index (χ2n) is 8.71. The van der Waals surface area contributed by atoms with Crippen molar-refractivity contribution in [1.82, 2.24) is 25.0 Å². The number of hydrogen-bond acceptors (Lipinski definition) is 5. The summed E-state index contributed by atoms with van der Waals surface area (Å²) in [7, 11) is 0. The van der Waals surface area contributed by atoms with E-state index in [9.17, 15) is 0 Å². The number of fused-ring (bicyclic) bond motifs is 3. The van der Waals surface area contributed by atoms with Crippen LogP contribution < -0.4 is 5.32 Å². The maximum absolute atomic E-state index is 6.35. The third-order valence-corrected chi connectivity index (χ3v) is 7.14. The molecule has 1 saturated carbocycles. The van der Waals surface area contributed by atoms with Crippen LogP contribution in [0.3, 0.4) is 0 Å². The average molecular weight is 386 g/mol. The average Bonchev–Trinajstić information content (AvgIpc) is 3.20. The molecule has 7 heteroatoms. The molecule has 6 nitrogen and oxygen atoms in total. The number of hydrogen-bond donors (Lipinski definition) is 1. The molecule has 6 rings (SSSR count). The van der Waals surface area contributed by atoms with Crippen LogP contribution in [0.2, 0.25) is 5.02 Å². The van der Waals surface area contributed by atoms with Crippen molar-refractivity contribution in [3.05, 3.63) is 40.4 Å². The van der Waals surface area contributed by atoms with E-state index in [4.69, 9.17) is 16.3 Å². The summed E-state index contributed by atoms with van der Waals surface area (Å²) in [4.78, 5) is 2.48. The third-order valence-electron chi connectivity index (χ3n) is 6.90. The largest absolute Gasteiger partial charge is 0.380 e. The zero-order valence-corrected chi connectivity index (χ0v) is 16.1. The minimum atomic E-state index is 0.441. The second-order valence-corrected chi connectivity index (χ2v) is 9.15. The Morgan fingerprint density at radius 3 is 2.81 bits per heavy atom. The lowest BCUT2D eigenvalue weighted by Crippen LogP contribution is -2.59. The van der Waals surface area contributed by atoms with Crippen molar-refractivity contribution < 1.29 is 4.74 Å². The molecule has 1 aromatic carbocycles. The van der Waals surface area contributed by atoms with Crippen molar-refractivity contribution in [2.45, 2.75) is 44.3 Å². The predicted molar refractivity (Wildman–Crippen MR) is 102 cm³/mol. The standard InChI is InChI=1S/C20H24ClN5O/c21-15-1-2-17-13(5-15)8-25(16-3-4-27-10-16)9-18-23-24-19(26(17)18)14-6-20(7-14)11-22-12-20/h1-2,5,14,16,22H,3-4,6-12H2/t16-/m1/s1. The monoisotopic (exact) mass is 385 g/mol. The van der Waals surface area contributed by atoms with Gasteiger partial charge in [0.2, 0.25) is 0 Å². The second kappa shape index (κ2) is 6.01. The van der Waals surface area contributed by atoms with Crippen molar-refractivity contribution in [2.75, 3.05) is 26.3 Å². The highest BCUT2D eigenvalue weighted by Crippen LogP contribution is 2.53. The van der Waals surface area contributed by atoms with E-state index in [1.54, 1.807) is 0 Å². The number of halogens is 1. The summed E-state index contributed by atoms with van der Waals surface area (Å²) in [6, 6.07) is 6.68. The van der Waals surface area contributed by atoms with Crippen molar-refractivity contribution >= 4 is 11.6 Å². The van der Waals surface area contributed by atoms with Crippen LogP contribution in [0.15, 0.2) is 18.2 Å². The van der Waals surface area contributed by atoms with Gasteiger partial charge in [0.1, 0.15) is 5.82 Å². The van der Waals surface area contributed by atoms with Crippen LogP contribution in [0.4, 0.5) is 0 Å². The zero-order valence-electron chi connectivity index (χ0n) is 15.3. The topological polar surface area (TPSA) is 55.2 Å². The van der Waals surface area contributed by atoms with Crippen molar-refractivity contribution in [2.24, 2.45) is 5.41 Å². The summed E-state index contributed by atoms with van der Waals surface area (Å²) in [5.41, 5.74) is 2.98. The number of benzene rings is 1. The Hall–Kier alpha value is -1.47. The van der Waals surface area contributed by atoms with Gasteiger partial charge in [-0.1, -0.05) is 11.6 Å². The summed E-state index contributed by atoms with van der Waals surface area (Å²) in [6.45, 7) is 5.66. The molecule has 1 spiro atoms. The molecule has 4 heterocycles. The van der Waals surface area contributed by atoms with Crippen LogP contribution in [0.25, 0.3) is 5.69 Å². The first kappa shape index (κ1) is 16.5. The molecule has 0 unspecified atom stereocenters. The first-order valence-corrected chi connectivity index (χ1v) is 10.3. The molecular formula is C20H24ClN5O. The molecule has 2 saturated heterocycles. The molecule has 27 heavy (non-hydrogen) atoms. The maximum atomic E-state index is 6.35. The van der Waals surface area contributed by atoms with Crippen molar-refractivity contribution in [3.63, 3.8) is 0 Å². The van der Waals surface area contributed by atoms with Gasteiger partial charge in [-0.05, 0) is 48.4 Å². The van der Waals surface area contributed by atoms with Gasteiger partial charge in [0, 0.05) is 43.2 Å². The minimum absolute atomic E-state index is 0.441. The highest BCUT2D eigenvalue weighted by atomic mass is 35.5. The minimum Gasteiger partial charge on any atom is -0.380 e. The Morgan fingerprint density at radius 2 is 2.07 bits per heavy atom. The zero-order chi connectivity index (χ0) is 18.0. The Morgan fingerprint density at radius 1 is 1.19 bits per heavy atom. The van der Waals surface area contributed by atoms with Gasteiger partial charge in [-0.2, -0.15) is 0 Å². The summed E-state index contributed by atoms with van der Waals surface area (Å²) in [6.07, 6.45) is 3.53. The molecule has 142 valence electrons. The van der Waals surface area contributed by atoms with Crippen LogP contribution >= 0.6 is 11.6 Å². The SMILES string of the molecule is Clc1ccc2c(c1)CN([C@@H]1CCOC1)Cc1nnc(C3CC4(CNC4)C3)n1-2. The molecule has 2 aromatic rings. The molecule has 0 bridgehead atoms. The van der Waals surface area contributed by atoms with E-state index in [1.165, 1.54) is 24.1 Å². The molecule has 1 aromatic heterocycles. The van der Waals surface area contributed by atoms with Gasteiger partial charge in [0.05, 0.1) is 18.8 Å². The Labute approximate surface area is 163 Å². The molecule has 1 atom stereocenters. The Bertz CT molecular complexity index is 878. The van der Waals surface area contributed by atoms with Crippen LogP contribution in [0.5, 0.6) is 0 Å². The molecule has 3 fully saturated rings. The van der Waals surface area contributed by atoms with Gasteiger partial charge < -0.3 is 10.1 Å². The van der Waals surface area contributed by atoms with Crippen LogP contribution in [-0.2, 0) is 17.8 Å². The smallest absolute Gasteiger partial charge is 0.151 e. The van der Waals surface area contributed by atoms with Gasteiger partial charge in [-0.25, -0.2) is 0 Å². The highest BCUT2D eigenvalue weighted by molar-refractivity contribution is 6.30. The summed E-state index contributed by atoms with van der Waals surface area (Å²) >= 11 is 6.35. The summed E-state index contributed by atoms with van der Waals surface area (Å²) in [5, 5.41) is 13.5. The van der Waals surface area contributed by atoms with E-state index in [1.807, 2.05) is 6.07 Å². The maximum Gasteiger partial charge on any atom is 0.151 e. The molecule has 4 aliphatic rings. The van der Waals surface area contributed by atoms with Gasteiger partial charge in [-0.3, -0.25) is 9.47 Å². The Kier molecular flexibility index (Phi) is 3.67. The first-order chi connectivity index (χ1) is 13.2. The molecular weight excluding hydrogens is 362 g/mol. The van der Waals surface area contributed by atoms with E-state index in [0.717, 1.165) is 62.5 Å². The lowest BCUT2D eigenvalue weighted by Gasteiger charge is -2.54. The van der Waals surface area contributed by atoms with Crippen molar-refractivity contribution in [1.29, 1.82) is 0 Å². The van der Waals surface area contributed by atoms with Gasteiger partial charge in [-0.15, -0.1) is 10.2 Å². The van der Waals surface area contributed by atoms with Gasteiger partial charge in [0.25, 0.3) is 0 Å². The van der Waals surface area contributed by atoms with E-state index < -0.39 is 0 Å². The van der Waals surface area contributed by atoms with Crippen molar-refractivity contribution in [3.8, 4) is 5.69 Å². The lowest BCUT2D eigenvalue weighted by atomic mass is 9.58. The fourth-order valence-electron chi connectivity index (χ4n) is 5.32. The summed E-state index contributed by atoms with van der Waals surface area (Å²) in [5.74, 6) is 2.69. The number of rotatable bonds is 2. The van der Waals surface area contributed by atoms with Crippen LogP contribution in [0, 0.1) is 5.41 Å². The van der Waals surface area contributed by atoms with E-state index >= 15 is 0 Å². The third kappa shape index (κ3) is 2.58. The number of nitrogens with one attached hydrogen (secondary N) is 1. The summed E-state index contributed by atoms with van der Waals surface area (Å²) < 4.78 is 7.97. The van der Waals surface area contributed by atoms with E-state index in [0.29, 0.717) is 17.4 Å². The molecule has 0 radical (unpaired) electrons. The molecule has 3 aliphatic heterocycles. The first-order valence-electron chi connectivity index (χ1n) is 9.96. The Balaban J connectivity index is 1.40. The van der Waals surface area contributed by atoms with E-state index in [2.05, 4.69) is 37.1 Å². The quantitative estimate of drug-likeness (QED) is 0.860. The number of aromatic nitrogens is 3. The van der Waals surface area contributed by atoms with Crippen LogP contribution in [0.1, 0.15) is 42.4 Å². The normalized spacial score (nSPS) is 26.9. The fourth-order valence-corrected chi connectivity index (χ4v) is 5.51. The fraction of sp³-hybridized carbons (Fsp3) is 0.600. The highest BCUT2D eigenvalue weighted by Gasteiger charge is 2.50. The number of ether oxygens (including phenoxy) is 1. The number of nitrogens with zero attached hydrogens (tertiary/aromatic N) is 4. The van der Waals surface area contributed by atoms with Gasteiger partial charge >= 0.3 is 0 Å². The molecule has 1 aliphatic carbocycles.